The van der Waals surface area contributed by atoms with Crippen LogP contribution >= 0.6 is 15.9 Å². The van der Waals surface area contributed by atoms with Gasteiger partial charge in [0, 0.05) is 16.1 Å². The Labute approximate surface area is 113 Å². The van der Waals surface area contributed by atoms with Gasteiger partial charge in [-0.15, -0.1) is 0 Å². The van der Waals surface area contributed by atoms with Gasteiger partial charge in [0.05, 0.1) is 17.7 Å². The number of ether oxygens (including phenoxy) is 1. The number of carbonyl (C=O) groups is 1. The summed E-state index contributed by atoms with van der Waals surface area (Å²) in [6.07, 6.45) is 2.27. The minimum atomic E-state index is -0.986. The molecule has 0 fully saturated rings. The molecule has 1 N–H and O–H groups in total. The van der Waals surface area contributed by atoms with Crippen molar-refractivity contribution in [3.05, 3.63) is 34.4 Å². The third kappa shape index (κ3) is 2.61. The number of hydrogen-bond donors (Lipinski definition) is 1. The summed E-state index contributed by atoms with van der Waals surface area (Å²) < 4.78 is 6.33. The van der Waals surface area contributed by atoms with Gasteiger partial charge in [0.2, 0.25) is 0 Å². The van der Waals surface area contributed by atoms with Crippen LogP contribution in [-0.4, -0.2) is 22.7 Å². The quantitative estimate of drug-likeness (QED) is 0.939. The van der Waals surface area contributed by atoms with Crippen LogP contribution in [0, 0.1) is 0 Å². The molecule has 0 atom stereocenters. The Kier molecular flexibility index (Phi) is 3.81. The summed E-state index contributed by atoms with van der Waals surface area (Å²) in [5.74, 6) is -0.277. The first-order valence-corrected chi connectivity index (χ1v) is 6.36. The maximum atomic E-state index is 10.9. The summed E-state index contributed by atoms with van der Waals surface area (Å²) in [6, 6.07) is 5.23. The molecule has 0 aliphatic carbocycles. The lowest BCUT2D eigenvalue weighted by Crippen LogP contribution is -1.98. The summed E-state index contributed by atoms with van der Waals surface area (Å²) >= 11 is 3.41. The Morgan fingerprint density at radius 3 is 2.89 bits per heavy atom. The first kappa shape index (κ1) is 12.8. The number of hydrogen-bond acceptors (Lipinski definition) is 3. The Morgan fingerprint density at radius 2 is 2.22 bits per heavy atom. The summed E-state index contributed by atoms with van der Waals surface area (Å²) in [6.45, 7) is 2.66. The second-order valence-corrected chi connectivity index (χ2v) is 4.71. The highest BCUT2D eigenvalue weighted by molar-refractivity contribution is 9.10. The molecule has 2 rings (SSSR count). The molecular formula is C13H12BrNO3. The predicted molar refractivity (Wildman–Crippen MR) is 72.2 cm³/mol. The van der Waals surface area contributed by atoms with Crippen LogP contribution in [0.15, 0.2) is 28.9 Å². The molecule has 5 heteroatoms. The number of carboxylic acid groups (broad SMARTS) is 1. The monoisotopic (exact) mass is 309 g/mol. The van der Waals surface area contributed by atoms with E-state index in [1.54, 1.807) is 12.1 Å². The van der Waals surface area contributed by atoms with E-state index >= 15 is 0 Å². The molecule has 0 radical (unpaired) electrons. The normalized spacial score (nSPS) is 10.6. The number of benzene rings is 1. The number of halogens is 1. The molecule has 1 aromatic carbocycles. The van der Waals surface area contributed by atoms with Crippen molar-refractivity contribution in [2.24, 2.45) is 0 Å². The molecular weight excluding hydrogens is 298 g/mol. The Balaban J connectivity index is 2.50. The minimum absolute atomic E-state index is 0.169. The number of nitrogens with zero attached hydrogens (tertiary/aromatic N) is 1. The lowest BCUT2D eigenvalue weighted by molar-refractivity contribution is 0.0696. The van der Waals surface area contributed by atoms with Gasteiger partial charge in [-0.05, 0) is 40.5 Å². The van der Waals surface area contributed by atoms with Crippen molar-refractivity contribution >= 4 is 32.8 Å². The number of aromatic nitrogens is 1. The van der Waals surface area contributed by atoms with E-state index in [-0.39, 0.29) is 5.56 Å². The minimum Gasteiger partial charge on any atom is -0.494 e. The summed E-state index contributed by atoms with van der Waals surface area (Å²) in [7, 11) is 0. The standard InChI is InChI=1S/C13H12BrNO3/c1-2-3-18-10-5-8-4-9(13(16)17)7-15-12(8)11(14)6-10/h4-7H,2-3H2,1H3,(H,16,17). The predicted octanol–water partition coefficient (Wildman–Crippen LogP) is 3.48. The van der Waals surface area contributed by atoms with Crippen molar-refractivity contribution in [1.29, 1.82) is 0 Å². The fourth-order valence-corrected chi connectivity index (χ4v) is 2.16. The van der Waals surface area contributed by atoms with Gasteiger partial charge in [-0.3, -0.25) is 4.98 Å². The molecule has 0 aliphatic heterocycles. The molecule has 4 nitrogen and oxygen atoms in total. The van der Waals surface area contributed by atoms with Crippen LogP contribution < -0.4 is 4.74 Å². The number of aromatic carboxylic acids is 1. The van der Waals surface area contributed by atoms with Crippen LogP contribution in [0.5, 0.6) is 5.75 Å². The van der Waals surface area contributed by atoms with Gasteiger partial charge in [-0.1, -0.05) is 6.92 Å². The molecule has 1 heterocycles. The summed E-state index contributed by atoms with van der Waals surface area (Å²) in [5, 5.41) is 9.69. The van der Waals surface area contributed by atoms with Crippen molar-refractivity contribution in [1.82, 2.24) is 4.98 Å². The number of fused-ring (bicyclic) bond motifs is 1. The van der Waals surface area contributed by atoms with Gasteiger partial charge in [0.15, 0.2) is 0 Å². The molecule has 0 bridgehead atoms. The van der Waals surface area contributed by atoms with Gasteiger partial charge in [0.1, 0.15) is 5.75 Å². The van der Waals surface area contributed by atoms with E-state index in [0.29, 0.717) is 12.4 Å². The molecule has 2 aromatic rings. The van der Waals surface area contributed by atoms with Crippen LogP contribution in [0.3, 0.4) is 0 Å². The van der Waals surface area contributed by atoms with E-state index in [1.807, 2.05) is 13.0 Å². The van der Waals surface area contributed by atoms with Crippen LogP contribution in [0.1, 0.15) is 23.7 Å². The zero-order valence-electron chi connectivity index (χ0n) is 9.81. The second kappa shape index (κ2) is 5.35. The Morgan fingerprint density at radius 1 is 1.44 bits per heavy atom. The van der Waals surface area contributed by atoms with E-state index in [2.05, 4.69) is 20.9 Å². The van der Waals surface area contributed by atoms with Crippen LogP contribution in [0.2, 0.25) is 0 Å². The molecule has 0 unspecified atom stereocenters. The van der Waals surface area contributed by atoms with E-state index in [1.165, 1.54) is 6.20 Å². The van der Waals surface area contributed by atoms with Gasteiger partial charge in [-0.25, -0.2) is 4.79 Å². The van der Waals surface area contributed by atoms with Gasteiger partial charge >= 0.3 is 5.97 Å². The average Bonchev–Trinajstić information content (AvgIpc) is 2.35. The summed E-state index contributed by atoms with van der Waals surface area (Å²) in [5.41, 5.74) is 0.894. The molecule has 0 amide bonds. The van der Waals surface area contributed by atoms with Crippen molar-refractivity contribution in [3.63, 3.8) is 0 Å². The van der Waals surface area contributed by atoms with Gasteiger partial charge < -0.3 is 9.84 Å². The van der Waals surface area contributed by atoms with Crippen molar-refractivity contribution in [2.75, 3.05) is 6.61 Å². The van der Waals surface area contributed by atoms with E-state index in [0.717, 1.165) is 21.8 Å². The zero-order valence-corrected chi connectivity index (χ0v) is 11.4. The lowest BCUT2D eigenvalue weighted by atomic mass is 10.1. The van der Waals surface area contributed by atoms with Crippen LogP contribution in [-0.2, 0) is 0 Å². The van der Waals surface area contributed by atoms with E-state index < -0.39 is 5.97 Å². The number of pyridine rings is 1. The maximum absolute atomic E-state index is 10.9. The molecule has 0 spiro atoms. The van der Waals surface area contributed by atoms with Gasteiger partial charge in [0.25, 0.3) is 0 Å². The molecule has 0 saturated carbocycles. The zero-order chi connectivity index (χ0) is 13.1. The van der Waals surface area contributed by atoms with E-state index in [9.17, 15) is 4.79 Å². The molecule has 1 aromatic heterocycles. The van der Waals surface area contributed by atoms with Gasteiger partial charge in [-0.2, -0.15) is 0 Å². The van der Waals surface area contributed by atoms with E-state index in [4.69, 9.17) is 9.84 Å². The lowest BCUT2D eigenvalue weighted by Gasteiger charge is -2.08. The van der Waals surface area contributed by atoms with Crippen molar-refractivity contribution in [3.8, 4) is 5.75 Å². The fraction of sp³-hybridized carbons (Fsp3) is 0.231. The highest BCUT2D eigenvalue weighted by Crippen LogP contribution is 2.28. The Bertz CT molecular complexity index is 598. The SMILES string of the molecule is CCCOc1cc(Br)c2ncc(C(=O)O)cc2c1. The Hall–Kier alpha value is -1.62. The highest BCUT2D eigenvalue weighted by atomic mass is 79.9. The third-order valence-corrected chi connectivity index (χ3v) is 3.03. The average molecular weight is 310 g/mol. The first-order chi connectivity index (χ1) is 8.61. The van der Waals surface area contributed by atoms with Crippen molar-refractivity contribution in [2.45, 2.75) is 13.3 Å². The van der Waals surface area contributed by atoms with Crippen LogP contribution in [0.25, 0.3) is 10.9 Å². The molecule has 0 saturated heterocycles. The smallest absolute Gasteiger partial charge is 0.337 e. The summed E-state index contributed by atoms with van der Waals surface area (Å²) in [4.78, 5) is 15.0. The fourth-order valence-electron chi connectivity index (χ4n) is 1.60. The number of carboxylic acids is 1. The largest absolute Gasteiger partial charge is 0.494 e. The highest BCUT2D eigenvalue weighted by Gasteiger charge is 2.08. The third-order valence-electron chi connectivity index (χ3n) is 2.43. The molecule has 94 valence electrons. The topological polar surface area (TPSA) is 59.4 Å². The molecule has 18 heavy (non-hydrogen) atoms. The second-order valence-electron chi connectivity index (χ2n) is 3.85. The number of rotatable bonds is 4. The molecule has 0 aliphatic rings. The van der Waals surface area contributed by atoms with Crippen molar-refractivity contribution < 1.29 is 14.6 Å². The first-order valence-electron chi connectivity index (χ1n) is 5.57. The maximum Gasteiger partial charge on any atom is 0.337 e. The van der Waals surface area contributed by atoms with Crippen LogP contribution in [0.4, 0.5) is 0 Å².